The van der Waals surface area contributed by atoms with Gasteiger partial charge < -0.3 is 0 Å². The van der Waals surface area contributed by atoms with Crippen molar-refractivity contribution in [3.63, 3.8) is 0 Å². The maximum Gasteiger partial charge on any atom is -0.0198 e. The Morgan fingerprint density at radius 1 is 1.00 bits per heavy atom. The largest absolute Gasteiger partial charge is 0.0813 e. The van der Waals surface area contributed by atoms with Gasteiger partial charge in [-0.25, -0.2) is 0 Å². The molecule has 0 nitrogen and oxygen atoms in total. The van der Waals surface area contributed by atoms with E-state index in [4.69, 9.17) is 0 Å². The van der Waals surface area contributed by atoms with Crippen molar-refractivity contribution in [3.05, 3.63) is 40.5 Å². The molecule has 0 radical (unpaired) electrons. The quantitative estimate of drug-likeness (QED) is 0.492. The number of allylic oxidation sites excluding steroid dienone is 2. The molecule has 138 valence electrons. The number of hydrogen-bond donors (Lipinski definition) is 0. The van der Waals surface area contributed by atoms with Crippen LogP contribution in [0.25, 0.3) is 5.57 Å². The van der Waals surface area contributed by atoms with E-state index in [-0.39, 0.29) is 0 Å². The van der Waals surface area contributed by atoms with Crippen LogP contribution >= 0.6 is 0 Å². The zero-order chi connectivity index (χ0) is 18.9. The SMILES string of the molecule is CC/C=C(/C)c1cc(C)c(C)cc1C.CCCCC(C)(C)C(C)C. The molecule has 0 heterocycles. The van der Waals surface area contributed by atoms with Crippen LogP contribution < -0.4 is 0 Å². The number of hydrogen-bond acceptors (Lipinski definition) is 0. The van der Waals surface area contributed by atoms with E-state index in [0.717, 1.165) is 12.3 Å². The van der Waals surface area contributed by atoms with Crippen LogP contribution in [0.1, 0.15) is 96.4 Å². The van der Waals surface area contributed by atoms with E-state index in [1.54, 1.807) is 0 Å². The highest BCUT2D eigenvalue weighted by Gasteiger charge is 2.20. The van der Waals surface area contributed by atoms with Gasteiger partial charge in [0.1, 0.15) is 0 Å². The van der Waals surface area contributed by atoms with E-state index in [9.17, 15) is 0 Å². The second-order valence-corrected chi connectivity index (χ2v) is 8.29. The van der Waals surface area contributed by atoms with Gasteiger partial charge in [-0.3, -0.25) is 0 Å². The van der Waals surface area contributed by atoms with Gasteiger partial charge >= 0.3 is 0 Å². The fourth-order valence-electron chi connectivity index (χ4n) is 2.72. The number of aryl methyl sites for hydroxylation is 3. The summed E-state index contributed by atoms with van der Waals surface area (Å²) in [6.07, 6.45) is 7.48. The lowest BCUT2D eigenvalue weighted by Gasteiger charge is -2.28. The highest BCUT2D eigenvalue weighted by atomic mass is 14.3. The van der Waals surface area contributed by atoms with Crippen LogP contribution in [0, 0.1) is 32.1 Å². The third-order valence-electron chi connectivity index (χ3n) is 5.51. The molecule has 0 aromatic heterocycles. The molecule has 0 aliphatic heterocycles. The molecule has 0 spiro atoms. The molecule has 1 rings (SSSR count). The summed E-state index contributed by atoms with van der Waals surface area (Å²) in [5.74, 6) is 0.819. The topological polar surface area (TPSA) is 0 Å². The van der Waals surface area contributed by atoms with Gasteiger partial charge in [-0.2, -0.15) is 0 Å². The lowest BCUT2D eigenvalue weighted by atomic mass is 9.77. The minimum atomic E-state index is 0.552. The molecule has 0 saturated carbocycles. The Hall–Kier alpha value is -1.04. The molecule has 1 aromatic rings. The van der Waals surface area contributed by atoms with E-state index in [1.165, 1.54) is 47.1 Å². The molecule has 0 aliphatic rings. The average Bonchev–Trinajstić information content (AvgIpc) is 2.49. The Balaban J connectivity index is 0.000000470. The first-order valence-corrected chi connectivity index (χ1v) is 9.81. The molecule has 0 unspecified atom stereocenters. The second kappa shape index (κ2) is 10.7. The summed E-state index contributed by atoms with van der Waals surface area (Å²) in [5.41, 5.74) is 7.50. The number of unbranched alkanes of at least 4 members (excludes halogenated alkanes) is 1. The highest BCUT2D eigenvalue weighted by Crippen LogP contribution is 2.31. The van der Waals surface area contributed by atoms with Gasteiger partial charge in [-0.05, 0) is 79.7 Å². The van der Waals surface area contributed by atoms with Crippen molar-refractivity contribution >= 4 is 5.57 Å². The van der Waals surface area contributed by atoms with Crippen LogP contribution in [0.3, 0.4) is 0 Å². The zero-order valence-corrected chi connectivity index (χ0v) is 18.1. The summed E-state index contributed by atoms with van der Waals surface area (Å²) < 4.78 is 0. The first kappa shape index (κ1) is 23.0. The van der Waals surface area contributed by atoms with Gasteiger partial charge in [0.25, 0.3) is 0 Å². The Morgan fingerprint density at radius 3 is 2.00 bits per heavy atom. The van der Waals surface area contributed by atoms with Gasteiger partial charge in [-0.15, -0.1) is 0 Å². The molecule has 0 aliphatic carbocycles. The maximum atomic E-state index is 2.37. The maximum absolute atomic E-state index is 2.37. The van der Waals surface area contributed by atoms with Crippen molar-refractivity contribution in [2.24, 2.45) is 11.3 Å². The van der Waals surface area contributed by atoms with E-state index in [1.807, 2.05) is 0 Å². The fourth-order valence-corrected chi connectivity index (χ4v) is 2.72. The van der Waals surface area contributed by atoms with Gasteiger partial charge in [0.05, 0.1) is 0 Å². The van der Waals surface area contributed by atoms with Crippen molar-refractivity contribution in [2.45, 2.75) is 94.9 Å². The number of benzene rings is 1. The van der Waals surface area contributed by atoms with Gasteiger partial charge in [-0.1, -0.05) is 72.6 Å². The predicted molar refractivity (Wildman–Crippen MR) is 113 cm³/mol. The third-order valence-corrected chi connectivity index (χ3v) is 5.51. The van der Waals surface area contributed by atoms with Crippen LogP contribution in [-0.2, 0) is 0 Å². The lowest BCUT2D eigenvalue weighted by Crippen LogP contribution is -2.18. The Bertz CT molecular complexity index is 515. The molecule has 0 saturated heterocycles. The van der Waals surface area contributed by atoms with E-state index < -0.39 is 0 Å². The van der Waals surface area contributed by atoms with E-state index in [0.29, 0.717) is 5.41 Å². The normalized spacial score (nSPS) is 12.2. The fraction of sp³-hybridized carbons (Fsp3) is 0.667. The summed E-state index contributed by atoms with van der Waals surface area (Å²) in [5, 5.41) is 0. The van der Waals surface area contributed by atoms with Crippen molar-refractivity contribution < 1.29 is 0 Å². The Morgan fingerprint density at radius 2 is 1.54 bits per heavy atom. The standard InChI is InChI=1S/C14H20.C10H22/c1-6-7-10(2)14-9-12(4)11(3)8-13(14)5;1-6-7-8-10(4,5)9(2)3/h7-9H,6H2,1-5H3;9H,6-8H2,1-5H3/b10-7-;. The van der Waals surface area contributed by atoms with Gasteiger partial charge in [0.15, 0.2) is 0 Å². The van der Waals surface area contributed by atoms with Crippen LogP contribution in [0.4, 0.5) is 0 Å². The molecule has 0 fully saturated rings. The molecule has 0 heteroatoms. The van der Waals surface area contributed by atoms with Gasteiger partial charge in [0.2, 0.25) is 0 Å². The van der Waals surface area contributed by atoms with Crippen molar-refractivity contribution in [3.8, 4) is 0 Å². The van der Waals surface area contributed by atoms with Crippen LogP contribution in [-0.4, -0.2) is 0 Å². The number of rotatable bonds is 6. The lowest BCUT2D eigenvalue weighted by molar-refractivity contribution is 0.223. The van der Waals surface area contributed by atoms with Crippen LogP contribution in [0.15, 0.2) is 18.2 Å². The van der Waals surface area contributed by atoms with Crippen molar-refractivity contribution in [1.29, 1.82) is 0 Å². The summed E-state index contributed by atoms with van der Waals surface area (Å²) in [6, 6.07) is 4.57. The van der Waals surface area contributed by atoms with Gasteiger partial charge in [0, 0.05) is 0 Å². The molecule has 24 heavy (non-hydrogen) atoms. The molecule has 0 bridgehead atoms. The summed E-state index contributed by atoms with van der Waals surface area (Å²) in [4.78, 5) is 0. The minimum Gasteiger partial charge on any atom is -0.0813 e. The first-order valence-electron chi connectivity index (χ1n) is 9.81. The predicted octanol–water partition coefficient (Wildman–Crippen LogP) is 8.28. The highest BCUT2D eigenvalue weighted by molar-refractivity contribution is 5.67. The van der Waals surface area contributed by atoms with Crippen LogP contribution in [0.5, 0.6) is 0 Å². The first-order chi connectivity index (χ1) is 11.1. The third kappa shape index (κ3) is 7.69. The Kier molecular flexibility index (Phi) is 10.3. The molecule has 1 aromatic carbocycles. The van der Waals surface area contributed by atoms with E-state index in [2.05, 4.69) is 87.4 Å². The Labute approximate surface area is 152 Å². The monoisotopic (exact) mass is 330 g/mol. The van der Waals surface area contributed by atoms with Crippen molar-refractivity contribution in [1.82, 2.24) is 0 Å². The molecule has 0 atom stereocenters. The summed E-state index contributed by atoms with van der Waals surface area (Å²) in [6.45, 7) is 22.5. The molecular weight excluding hydrogens is 288 g/mol. The van der Waals surface area contributed by atoms with Crippen LogP contribution in [0.2, 0.25) is 0 Å². The summed E-state index contributed by atoms with van der Waals surface area (Å²) in [7, 11) is 0. The van der Waals surface area contributed by atoms with E-state index >= 15 is 0 Å². The molecule has 0 N–H and O–H groups in total. The minimum absolute atomic E-state index is 0.552. The molecule has 0 amide bonds. The average molecular weight is 331 g/mol. The smallest absolute Gasteiger partial charge is 0.0198 e. The second-order valence-electron chi connectivity index (χ2n) is 8.29. The zero-order valence-electron chi connectivity index (χ0n) is 18.1. The molecular formula is C24H42. The summed E-state index contributed by atoms with van der Waals surface area (Å²) >= 11 is 0. The van der Waals surface area contributed by atoms with Crippen molar-refractivity contribution in [2.75, 3.05) is 0 Å².